The van der Waals surface area contributed by atoms with E-state index < -0.39 is 0 Å². The zero-order valence-corrected chi connectivity index (χ0v) is 6.17. The average Bonchev–Trinajstić information content (AvgIpc) is 2.03. The predicted octanol–water partition coefficient (Wildman–Crippen LogP) is 1.00. The number of carbonyl (C=O) groups is 1. The van der Waals surface area contributed by atoms with Gasteiger partial charge in [0.1, 0.15) is 5.78 Å². The lowest BCUT2D eigenvalue weighted by Gasteiger charge is -2.43. The highest BCUT2D eigenvalue weighted by Crippen LogP contribution is 2.38. The van der Waals surface area contributed by atoms with Gasteiger partial charge in [-0.05, 0) is 12.8 Å². The van der Waals surface area contributed by atoms with E-state index in [1.54, 1.807) is 0 Å². The van der Waals surface area contributed by atoms with Crippen molar-refractivity contribution in [3.05, 3.63) is 0 Å². The summed E-state index contributed by atoms with van der Waals surface area (Å²) in [7, 11) is 0. The molecule has 2 heteroatoms. The third kappa shape index (κ3) is 0.655. The van der Waals surface area contributed by atoms with Crippen molar-refractivity contribution in [3.8, 4) is 0 Å². The van der Waals surface area contributed by atoms with Crippen molar-refractivity contribution in [1.29, 1.82) is 0 Å². The second kappa shape index (κ2) is 2.06. The first-order valence-corrected chi connectivity index (χ1v) is 3.96. The van der Waals surface area contributed by atoms with Crippen LogP contribution in [0.25, 0.3) is 0 Å². The molecule has 2 fully saturated rings. The Kier molecular flexibility index (Phi) is 1.31. The molecule has 0 radical (unpaired) electrons. The third-order valence-electron chi connectivity index (χ3n) is 2.67. The summed E-state index contributed by atoms with van der Waals surface area (Å²) in [4.78, 5) is 11.1. The van der Waals surface area contributed by atoms with E-state index >= 15 is 0 Å². The highest BCUT2D eigenvalue weighted by Gasteiger charge is 2.48. The first-order chi connectivity index (χ1) is 4.80. The second-order valence-corrected chi connectivity index (χ2v) is 3.28. The van der Waals surface area contributed by atoms with Crippen LogP contribution in [0, 0.1) is 11.8 Å². The van der Waals surface area contributed by atoms with Crippen molar-refractivity contribution in [3.63, 3.8) is 0 Å². The predicted molar refractivity (Wildman–Crippen MR) is 36.6 cm³/mol. The molecule has 2 aliphatic rings. The number of rotatable bonds is 0. The lowest BCUT2D eigenvalue weighted by Crippen LogP contribution is -2.54. The standard InChI is InChI=1S/C8H12O2/c1-5-7(9)6-3-2-4-10-8(5)6/h5-6,8H,2-4H2,1H3/t5-,6+,8-/m1/s1. The molecule has 3 atom stereocenters. The molecule has 0 spiro atoms. The zero-order valence-electron chi connectivity index (χ0n) is 6.17. The summed E-state index contributed by atoms with van der Waals surface area (Å²) in [6, 6.07) is 0. The van der Waals surface area contributed by atoms with Gasteiger partial charge in [0.25, 0.3) is 0 Å². The van der Waals surface area contributed by atoms with Gasteiger partial charge in [-0.1, -0.05) is 6.92 Å². The van der Waals surface area contributed by atoms with E-state index in [9.17, 15) is 4.79 Å². The molecular weight excluding hydrogens is 128 g/mol. The number of Topliss-reactive ketones (excluding diaryl/α,β-unsaturated/α-hetero) is 1. The molecule has 10 heavy (non-hydrogen) atoms. The quantitative estimate of drug-likeness (QED) is 0.501. The molecule has 1 aliphatic carbocycles. The fourth-order valence-corrected chi connectivity index (χ4v) is 1.98. The van der Waals surface area contributed by atoms with Crippen LogP contribution in [-0.4, -0.2) is 18.5 Å². The van der Waals surface area contributed by atoms with Crippen LogP contribution >= 0.6 is 0 Å². The van der Waals surface area contributed by atoms with Gasteiger partial charge in [-0.2, -0.15) is 0 Å². The Morgan fingerprint density at radius 2 is 2.40 bits per heavy atom. The number of hydrogen-bond acceptors (Lipinski definition) is 2. The maximum Gasteiger partial charge on any atom is 0.143 e. The normalized spacial score (nSPS) is 46.1. The van der Waals surface area contributed by atoms with E-state index in [1.165, 1.54) is 0 Å². The van der Waals surface area contributed by atoms with Crippen molar-refractivity contribution in [2.75, 3.05) is 6.61 Å². The summed E-state index contributed by atoms with van der Waals surface area (Å²) in [5.41, 5.74) is 0. The molecule has 2 nitrogen and oxygen atoms in total. The van der Waals surface area contributed by atoms with Gasteiger partial charge in [0.2, 0.25) is 0 Å². The van der Waals surface area contributed by atoms with Gasteiger partial charge in [0.05, 0.1) is 6.10 Å². The third-order valence-corrected chi connectivity index (χ3v) is 2.67. The fourth-order valence-electron chi connectivity index (χ4n) is 1.98. The molecule has 56 valence electrons. The van der Waals surface area contributed by atoms with Crippen LogP contribution in [0.15, 0.2) is 0 Å². The molecule has 1 saturated carbocycles. The molecule has 1 saturated heterocycles. The summed E-state index contributed by atoms with van der Waals surface area (Å²) < 4.78 is 5.44. The lowest BCUT2D eigenvalue weighted by atomic mass is 9.68. The Morgan fingerprint density at radius 3 is 3.10 bits per heavy atom. The Balaban J connectivity index is 2.06. The van der Waals surface area contributed by atoms with Crippen LogP contribution in [0.2, 0.25) is 0 Å². The van der Waals surface area contributed by atoms with Crippen LogP contribution in [-0.2, 0) is 9.53 Å². The summed E-state index contributed by atoms with van der Waals surface area (Å²) >= 11 is 0. The fraction of sp³-hybridized carbons (Fsp3) is 0.875. The van der Waals surface area contributed by atoms with Crippen molar-refractivity contribution in [2.24, 2.45) is 11.8 Å². The number of hydrogen-bond donors (Lipinski definition) is 0. The SMILES string of the molecule is C[C@@H]1C(=O)[C@@H]2CCCO[C@H]12. The van der Waals surface area contributed by atoms with Gasteiger partial charge in [-0.25, -0.2) is 0 Å². The van der Waals surface area contributed by atoms with Crippen molar-refractivity contribution in [1.82, 2.24) is 0 Å². The molecule has 2 rings (SSSR count). The topological polar surface area (TPSA) is 26.3 Å². The maximum atomic E-state index is 11.1. The van der Waals surface area contributed by atoms with E-state index in [0.717, 1.165) is 19.4 Å². The number of ketones is 1. The van der Waals surface area contributed by atoms with Gasteiger partial charge >= 0.3 is 0 Å². The molecule has 0 bridgehead atoms. The van der Waals surface area contributed by atoms with Crippen LogP contribution < -0.4 is 0 Å². The van der Waals surface area contributed by atoms with Gasteiger partial charge in [0, 0.05) is 18.4 Å². The summed E-state index contributed by atoms with van der Waals surface area (Å²) in [5, 5.41) is 0. The Bertz CT molecular complexity index is 165. The molecule has 1 heterocycles. The minimum Gasteiger partial charge on any atom is -0.377 e. The molecule has 0 aromatic rings. The minimum atomic E-state index is 0.185. The van der Waals surface area contributed by atoms with Crippen molar-refractivity contribution in [2.45, 2.75) is 25.9 Å². The van der Waals surface area contributed by atoms with Gasteiger partial charge in [0.15, 0.2) is 0 Å². The van der Waals surface area contributed by atoms with E-state index in [2.05, 4.69) is 0 Å². The Labute approximate surface area is 60.6 Å². The second-order valence-electron chi connectivity index (χ2n) is 3.28. The summed E-state index contributed by atoms with van der Waals surface area (Å²) in [5.74, 6) is 0.874. The molecule has 0 aromatic carbocycles. The largest absolute Gasteiger partial charge is 0.377 e. The number of carbonyl (C=O) groups excluding carboxylic acids is 1. The van der Waals surface area contributed by atoms with E-state index in [0.29, 0.717) is 5.78 Å². The van der Waals surface area contributed by atoms with E-state index in [1.807, 2.05) is 6.92 Å². The minimum absolute atomic E-state index is 0.185. The zero-order chi connectivity index (χ0) is 7.14. The molecule has 0 unspecified atom stereocenters. The molecular formula is C8H12O2. The van der Waals surface area contributed by atoms with Crippen LogP contribution in [0.5, 0.6) is 0 Å². The Morgan fingerprint density at radius 1 is 1.60 bits per heavy atom. The smallest absolute Gasteiger partial charge is 0.143 e. The van der Waals surface area contributed by atoms with E-state index in [-0.39, 0.29) is 17.9 Å². The van der Waals surface area contributed by atoms with Gasteiger partial charge in [-0.15, -0.1) is 0 Å². The van der Waals surface area contributed by atoms with Gasteiger partial charge in [-0.3, -0.25) is 4.79 Å². The summed E-state index contributed by atoms with van der Waals surface area (Å²) in [6.07, 6.45) is 2.41. The first-order valence-electron chi connectivity index (χ1n) is 3.96. The molecule has 1 aliphatic heterocycles. The number of fused-ring (bicyclic) bond motifs is 1. The maximum absolute atomic E-state index is 11.1. The van der Waals surface area contributed by atoms with Gasteiger partial charge < -0.3 is 4.74 Å². The average molecular weight is 140 g/mol. The summed E-state index contributed by atoms with van der Waals surface area (Å²) in [6.45, 7) is 2.83. The Hall–Kier alpha value is -0.370. The molecule has 0 N–H and O–H groups in total. The lowest BCUT2D eigenvalue weighted by molar-refractivity contribution is -0.165. The van der Waals surface area contributed by atoms with Crippen LogP contribution in [0.1, 0.15) is 19.8 Å². The van der Waals surface area contributed by atoms with Crippen LogP contribution in [0.4, 0.5) is 0 Å². The monoisotopic (exact) mass is 140 g/mol. The highest BCUT2D eigenvalue weighted by molar-refractivity contribution is 5.90. The van der Waals surface area contributed by atoms with Crippen molar-refractivity contribution < 1.29 is 9.53 Å². The van der Waals surface area contributed by atoms with E-state index in [4.69, 9.17) is 4.74 Å². The molecule has 0 aromatic heterocycles. The number of ether oxygens (including phenoxy) is 1. The molecule has 0 amide bonds. The highest BCUT2D eigenvalue weighted by atomic mass is 16.5. The van der Waals surface area contributed by atoms with Crippen LogP contribution in [0.3, 0.4) is 0 Å². The first kappa shape index (κ1) is 6.35. The van der Waals surface area contributed by atoms with Crippen molar-refractivity contribution >= 4 is 5.78 Å².